The fourth-order valence-electron chi connectivity index (χ4n) is 5.00. The van der Waals surface area contributed by atoms with Crippen molar-refractivity contribution < 1.29 is 57.1 Å². The Morgan fingerprint density at radius 3 is 2.46 bits per heavy atom. The highest BCUT2D eigenvalue weighted by molar-refractivity contribution is 5.70. The smallest absolute Gasteiger partial charge is 0.416 e. The molecule has 1 fully saturated rings. The fourth-order valence-corrected chi connectivity index (χ4v) is 5.00. The summed E-state index contributed by atoms with van der Waals surface area (Å²) in [4.78, 5) is 38.7. The Morgan fingerprint density at radius 1 is 1.04 bits per heavy atom. The van der Waals surface area contributed by atoms with Gasteiger partial charge < -0.3 is 29.3 Å². The van der Waals surface area contributed by atoms with E-state index in [4.69, 9.17) is 14.2 Å². The van der Waals surface area contributed by atoms with Crippen molar-refractivity contribution in [3.63, 3.8) is 0 Å². The van der Waals surface area contributed by atoms with Gasteiger partial charge in [0.2, 0.25) is 0 Å². The number of alkyl halides is 3. The zero-order valence-electron chi connectivity index (χ0n) is 26.1. The van der Waals surface area contributed by atoms with Crippen molar-refractivity contribution in [2.24, 2.45) is 11.8 Å². The van der Waals surface area contributed by atoms with Gasteiger partial charge in [0.25, 0.3) is 5.09 Å². The van der Waals surface area contributed by atoms with E-state index >= 15 is 0 Å². The van der Waals surface area contributed by atoms with E-state index in [-0.39, 0.29) is 56.2 Å². The van der Waals surface area contributed by atoms with Crippen LogP contribution in [0, 0.1) is 22.0 Å². The zero-order chi connectivity index (χ0) is 34.1. The largest absolute Gasteiger partial charge is 0.489 e. The number of carbonyl (C=O) groups is 2. The highest BCUT2D eigenvalue weighted by atomic mass is 19.4. The number of aliphatic hydroxyl groups excluding tert-OH is 2. The second-order valence-electron chi connectivity index (χ2n) is 11.4. The first-order valence-corrected chi connectivity index (χ1v) is 15.4. The average molecular weight is 660 g/mol. The number of esters is 2. The van der Waals surface area contributed by atoms with E-state index in [1.807, 2.05) is 12.2 Å². The molecule has 2 N–H and O–H groups in total. The molecular formula is C32H44F3NO10. The van der Waals surface area contributed by atoms with E-state index in [0.717, 1.165) is 12.1 Å². The SMILES string of the molecule is CC(C)OC(=O)CCC/C=C\C[C@@H]1[C@@H](/C=C/[C@H](COc2cccc(C(F)(F)F)c2)OC(=O)CCCCCO[N+](=O)[O-])[C@H](O)C[C@@H]1O. The maximum Gasteiger partial charge on any atom is 0.416 e. The highest BCUT2D eigenvalue weighted by Crippen LogP contribution is 2.36. The molecule has 258 valence electrons. The number of unbranched alkanes of at least 4 members (excludes halogenated alkanes) is 3. The van der Waals surface area contributed by atoms with Gasteiger partial charge in [-0.2, -0.15) is 13.2 Å². The van der Waals surface area contributed by atoms with Crippen LogP contribution in [-0.4, -0.2) is 64.9 Å². The van der Waals surface area contributed by atoms with Crippen molar-refractivity contribution in [1.82, 2.24) is 0 Å². The van der Waals surface area contributed by atoms with Gasteiger partial charge in [0.15, 0.2) is 6.10 Å². The summed E-state index contributed by atoms with van der Waals surface area (Å²) in [5, 5.41) is 30.6. The molecule has 0 heterocycles. The molecule has 1 aliphatic carbocycles. The summed E-state index contributed by atoms with van der Waals surface area (Å²) in [5.74, 6) is -1.81. The first kappa shape index (κ1) is 38.5. The van der Waals surface area contributed by atoms with Crippen LogP contribution in [0.2, 0.25) is 0 Å². The lowest BCUT2D eigenvalue weighted by molar-refractivity contribution is -0.757. The normalized spacial score (nSPS) is 20.7. The number of hydrogen-bond donors (Lipinski definition) is 2. The lowest BCUT2D eigenvalue weighted by atomic mass is 9.89. The Labute approximate surface area is 266 Å². The number of nitrogens with zero attached hydrogens (tertiary/aromatic N) is 1. The van der Waals surface area contributed by atoms with E-state index in [9.17, 15) is 43.1 Å². The molecule has 1 aromatic carbocycles. The van der Waals surface area contributed by atoms with Crippen molar-refractivity contribution in [3.05, 3.63) is 64.2 Å². The minimum atomic E-state index is -4.57. The number of halogens is 3. The van der Waals surface area contributed by atoms with Crippen LogP contribution >= 0.6 is 0 Å². The minimum Gasteiger partial charge on any atom is -0.489 e. The molecule has 2 rings (SSSR count). The number of aliphatic hydroxyl groups is 2. The predicted molar refractivity (Wildman–Crippen MR) is 160 cm³/mol. The van der Waals surface area contributed by atoms with E-state index in [0.29, 0.717) is 38.5 Å². The Kier molecular flexibility index (Phi) is 16.6. The van der Waals surface area contributed by atoms with Crippen LogP contribution in [0.15, 0.2) is 48.6 Å². The third-order valence-electron chi connectivity index (χ3n) is 7.24. The molecule has 0 bridgehead atoms. The maximum absolute atomic E-state index is 13.2. The molecule has 1 aliphatic rings. The number of allylic oxidation sites excluding steroid dienone is 2. The van der Waals surface area contributed by atoms with Crippen LogP contribution in [0.4, 0.5) is 13.2 Å². The van der Waals surface area contributed by atoms with Crippen LogP contribution in [0.25, 0.3) is 0 Å². The van der Waals surface area contributed by atoms with Crippen LogP contribution in [-0.2, 0) is 30.1 Å². The van der Waals surface area contributed by atoms with Gasteiger partial charge in [0, 0.05) is 25.2 Å². The van der Waals surface area contributed by atoms with Gasteiger partial charge in [-0.15, -0.1) is 10.1 Å². The van der Waals surface area contributed by atoms with Crippen molar-refractivity contribution in [2.75, 3.05) is 13.2 Å². The van der Waals surface area contributed by atoms with Crippen LogP contribution in [0.3, 0.4) is 0 Å². The predicted octanol–water partition coefficient (Wildman–Crippen LogP) is 5.75. The summed E-state index contributed by atoms with van der Waals surface area (Å²) in [6.45, 7) is 3.15. The first-order valence-electron chi connectivity index (χ1n) is 15.4. The number of benzene rings is 1. The summed E-state index contributed by atoms with van der Waals surface area (Å²) in [6.07, 6.45) is 2.75. The molecular weight excluding hydrogens is 615 g/mol. The number of hydrogen-bond acceptors (Lipinski definition) is 10. The average Bonchev–Trinajstić information content (AvgIpc) is 3.24. The molecule has 0 aliphatic heterocycles. The molecule has 1 saturated carbocycles. The minimum absolute atomic E-state index is 0.0141. The Bertz CT molecular complexity index is 1160. The third-order valence-corrected chi connectivity index (χ3v) is 7.24. The zero-order valence-corrected chi connectivity index (χ0v) is 26.1. The van der Waals surface area contributed by atoms with Crippen molar-refractivity contribution in [1.29, 1.82) is 0 Å². The van der Waals surface area contributed by atoms with Gasteiger partial charge in [0.05, 0.1) is 30.5 Å². The van der Waals surface area contributed by atoms with Gasteiger partial charge in [0.1, 0.15) is 12.4 Å². The molecule has 0 radical (unpaired) electrons. The molecule has 1 aromatic rings. The summed E-state index contributed by atoms with van der Waals surface area (Å²) >= 11 is 0. The van der Waals surface area contributed by atoms with Gasteiger partial charge in [-0.1, -0.05) is 30.7 Å². The summed E-state index contributed by atoms with van der Waals surface area (Å²) < 4.78 is 55.6. The van der Waals surface area contributed by atoms with Gasteiger partial charge in [-0.25, -0.2) is 0 Å². The Hall–Kier alpha value is -3.65. The summed E-state index contributed by atoms with van der Waals surface area (Å²) in [7, 11) is 0. The van der Waals surface area contributed by atoms with Gasteiger partial charge in [-0.05, 0) is 76.1 Å². The van der Waals surface area contributed by atoms with E-state index in [2.05, 4.69) is 4.84 Å². The second-order valence-corrected chi connectivity index (χ2v) is 11.4. The van der Waals surface area contributed by atoms with Crippen LogP contribution < -0.4 is 4.74 Å². The summed E-state index contributed by atoms with van der Waals surface area (Å²) in [5.41, 5.74) is -0.899. The highest BCUT2D eigenvalue weighted by Gasteiger charge is 2.39. The Morgan fingerprint density at radius 2 is 1.76 bits per heavy atom. The molecule has 5 atom stereocenters. The number of ether oxygens (including phenoxy) is 3. The van der Waals surface area contributed by atoms with E-state index < -0.39 is 47.0 Å². The lowest BCUT2D eigenvalue weighted by Gasteiger charge is -2.21. The van der Waals surface area contributed by atoms with Crippen molar-refractivity contribution in [2.45, 2.75) is 102 Å². The second kappa shape index (κ2) is 19.8. The molecule has 0 aromatic heterocycles. The van der Waals surface area contributed by atoms with Crippen LogP contribution in [0.1, 0.15) is 77.2 Å². The molecule has 0 unspecified atom stereocenters. The standard InChI is InChI=1S/C32H44F3NO10/c1-22(2)45-30(39)14-7-4-3-6-13-26-27(29(38)20-28(26)37)17-16-25(46-31(40)15-8-5-9-18-44-36(41)42)21-43-24-12-10-11-23(19-24)32(33,34)35/h3,6,10-12,16-17,19,22,25-29,37-38H,4-5,7-9,13-15,18,20-21H2,1-2H3/b6-3-,17-16+/t25-,26-,27-,28+,29-/m1/s1. The van der Waals surface area contributed by atoms with Crippen molar-refractivity contribution in [3.8, 4) is 5.75 Å². The van der Waals surface area contributed by atoms with Crippen molar-refractivity contribution >= 4 is 11.9 Å². The lowest BCUT2D eigenvalue weighted by Crippen LogP contribution is -2.25. The number of rotatable bonds is 20. The molecule has 0 spiro atoms. The fraction of sp³-hybridized carbons (Fsp3) is 0.625. The van der Waals surface area contributed by atoms with Gasteiger partial charge >= 0.3 is 18.1 Å². The van der Waals surface area contributed by atoms with Gasteiger partial charge in [-0.3, -0.25) is 9.59 Å². The monoisotopic (exact) mass is 659 g/mol. The van der Waals surface area contributed by atoms with Crippen LogP contribution in [0.5, 0.6) is 5.75 Å². The molecule has 0 saturated heterocycles. The molecule has 11 nitrogen and oxygen atoms in total. The summed E-state index contributed by atoms with van der Waals surface area (Å²) in [6, 6.07) is 4.28. The molecule has 46 heavy (non-hydrogen) atoms. The maximum atomic E-state index is 13.2. The van der Waals surface area contributed by atoms with E-state index in [1.165, 1.54) is 18.2 Å². The molecule has 14 heteroatoms. The quantitative estimate of drug-likeness (QED) is 0.0582. The molecule has 0 amide bonds. The first-order chi connectivity index (χ1) is 21.8. The topological polar surface area (TPSA) is 155 Å². The third kappa shape index (κ3) is 15.1. The Balaban J connectivity index is 2.03. The number of carbonyl (C=O) groups excluding carboxylic acids is 2. The van der Waals surface area contributed by atoms with E-state index in [1.54, 1.807) is 19.9 Å².